The van der Waals surface area contributed by atoms with Gasteiger partial charge in [-0.1, -0.05) is 12.1 Å². The number of amidine groups is 1. The van der Waals surface area contributed by atoms with Crippen molar-refractivity contribution in [3.05, 3.63) is 29.3 Å². The van der Waals surface area contributed by atoms with Crippen molar-refractivity contribution < 1.29 is 0 Å². The third-order valence-corrected chi connectivity index (χ3v) is 2.47. The van der Waals surface area contributed by atoms with Gasteiger partial charge in [0.25, 0.3) is 0 Å². The van der Waals surface area contributed by atoms with E-state index in [-0.39, 0.29) is 0 Å². The first-order valence-corrected chi connectivity index (χ1v) is 4.84. The molecule has 1 aromatic rings. The highest BCUT2D eigenvalue weighted by Gasteiger charge is 2.14. The molecule has 0 radical (unpaired) electrons. The number of nitrogens with zero attached hydrogens (tertiary/aromatic N) is 2. The Hall–Kier alpha value is -1.51. The zero-order valence-corrected chi connectivity index (χ0v) is 8.62. The molecule has 0 bridgehead atoms. The van der Waals surface area contributed by atoms with Gasteiger partial charge in [-0.25, -0.2) is 0 Å². The van der Waals surface area contributed by atoms with Gasteiger partial charge in [0.1, 0.15) is 5.84 Å². The lowest BCUT2D eigenvalue weighted by Gasteiger charge is -2.16. The second-order valence-electron chi connectivity index (χ2n) is 3.75. The topological polar surface area (TPSA) is 41.6 Å². The molecule has 0 saturated carbocycles. The Morgan fingerprint density at radius 3 is 2.79 bits per heavy atom. The van der Waals surface area contributed by atoms with Crippen LogP contribution in [-0.4, -0.2) is 12.4 Å². The first kappa shape index (κ1) is 9.06. The van der Waals surface area contributed by atoms with Crippen molar-refractivity contribution in [3.8, 4) is 0 Å². The molecule has 0 saturated heterocycles. The summed E-state index contributed by atoms with van der Waals surface area (Å²) in [7, 11) is 0. The summed E-state index contributed by atoms with van der Waals surface area (Å²) in [4.78, 5) is 0. The van der Waals surface area contributed by atoms with Crippen LogP contribution in [0.2, 0.25) is 0 Å². The molecule has 2 N–H and O–H groups in total. The largest absolute Gasteiger partial charge is 0.386 e. The maximum atomic E-state index is 5.66. The van der Waals surface area contributed by atoms with Crippen LogP contribution in [0.3, 0.4) is 0 Å². The molecule has 14 heavy (non-hydrogen) atoms. The number of hydrogen-bond donors (Lipinski definition) is 1. The third kappa shape index (κ3) is 1.58. The lowest BCUT2D eigenvalue weighted by Crippen LogP contribution is -2.13. The second-order valence-corrected chi connectivity index (χ2v) is 3.75. The van der Waals surface area contributed by atoms with Crippen LogP contribution >= 0.6 is 0 Å². The maximum Gasteiger partial charge on any atom is 0.122 e. The molecule has 0 aliphatic carbocycles. The van der Waals surface area contributed by atoms with Gasteiger partial charge < -0.3 is 5.73 Å². The van der Waals surface area contributed by atoms with Crippen molar-refractivity contribution in [1.82, 2.24) is 0 Å². The molecule has 0 spiro atoms. The first-order chi connectivity index (χ1) is 6.66. The lowest BCUT2D eigenvalue weighted by atomic mass is 10.1. The molecule has 1 aromatic carbocycles. The van der Waals surface area contributed by atoms with E-state index in [9.17, 15) is 0 Å². The van der Waals surface area contributed by atoms with E-state index in [1.54, 1.807) is 0 Å². The van der Waals surface area contributed by atoms with Crippen LogP contribution in [0.1, 0.15) is 17.5 Å². The van der Waals surface area contributed by atoms with Crippen LogP contribution < -0.4 is 10.7 Å². The number of hydrazone groups is 1. The van der Waals surface area contributed by atoms with E-state index in [2.05, 4.69) is 37.1 Å². The average molecular weight is 189 g/mol. The summed E-state index contributed by atoms with van der Waals surface area (Å²) in [6, 6.07) is 6.38. The van der Waals surface area contributed by atoms with Crippen molar-refractivity contribution >= 4 is 11.5 Å². The molecule has 2 rings (SSSR count). The zero-order chi connectivity index (χ0) is 10.1. The molecule has 0 amide bonds. The normalized spacial score (nSPS) is 15.9. The predicted octanol–water partition coefficient (Wildman–Crippen LogP) is 1.79. The summed E-state index contributed by atoms with van der Waals surface area (Å²) < 4.78 is 0. The van der Waals surface area contributed by atoms with Crippen molar-refractivity contribution in [2.45, 2.75) is 20.3 Å². The van der Waals surface area contributed by atoms with Gasteiger partial charge in [-0.3, -0.25) is 5.01 Å². The van der Waals surface area contributed by atoms with E-state index in [1.165, 1.54) is 16.8 Å². The quantitative estimate of drug-likeness (QED) is 0.731. The Morgan fingerprint density at radius 1 is 1.36 bits per heavy atom. The molecule has 1 aliphatic heterocycles. The van der Waals surface area contributed by atoms with Crippen molar-refractivity contribution in [2.24, 2.45) is 10.8 Å². The summed E-state index contributed by atoms with van der Waals surface area (Å²) in [6.07, 6.45) is 0.868. The van der Waals surface area contributed by atoms with Crippen LogP contribution in [-0.2, 0) is 0 Å². The SMILES string of the molecule is Cc1ccc(C)c(N2CCC(N)=N2)c1. The molecule has 1 heterocycles. The van der Waals surface area contributed by atoms with Gasteiger partial charge in [0.15, 0.2) is 0 Å². The number of hydrogen-bond acceptors (Lipinski definition) is 3. The third-order valence-electron chi connectivity index (χ3n) is 2.47. The van der Waals surface area contributed by atoms with Gasteiger partial charge in [-0.2, -0.15) is 5.10 Å². The van der Waals surface area contributed by atoms with Gasteiger partial charge in [-0.15, -0.1) is 0 Å². The van der Waals surface area contributed by atoms with Crippen LogP contribution in [0.25, 0.3) is 0 Å². The highest BCUT2D eigenvalue weighted by Crippen LogP contribution is 2.23. The van der Waals surface area contributed by atoms with E-state index >= 15 is 0 Å². The Balaban J connectivity index is 2.36. The van der Waals surface area contributed by atoms with Crippen LogP contribution in [0, 0.1) is 13.8 Å². The highest BCUT2D eigenvalue weighted by molar-refractivity contribution is 5.84. The molecule has 0 atom stereocenters. The summed E-state index contributed by atoms with van der Waals surface area (Å²) in [6.45, 7) is 5.08. The Morgan fingerprint density at radius 2 is 2.14 bits per heavy atom. The summed E-state index contributed by atoms with van der Waals surface area (Å²) in [5, 5.41) is 6.27. The number of anilines is 1. The lowest BCUT2D eigenvalue weighted by molar-refractivity contribution is 0.915. The van der Waals surface area contributed by atoms with E-state index in [1.807, 2.05) is 5.01 Å². The fourth-order valence-electron chi connectivity index (χ4n) is 1.65. The molecule has 1 aliphatic rings. The van der Waals surface area contributed by atoms with Crippen LogP contribution in [0.5, 0.6) is 0 Å². The zero-order valence-electron chi connectivity index (χ0n) is 8.62. The van der Waals surface area contributed by atoms with Crippen LogP contribution in [0.4, 0.5) is 5.69 Å². The van der Waals surface area contributed by atoms with Crippen molar-refractivity contribution in [2.75, 3.05) is 11.6 Å². The minimum atomic E-state index is 0.728. The Bertz CT molecular complexity index is 382. The minimum Gasteiger partial charge on any atom is -0.386 e. The average Bonchev–Trinajstić information content (AvgIpc) is 2.56. The maximum absolute atomic E-state index is 5.66. The van der Waals surface area contributed by atoms with Gasteiger partial charge in [0.2, 0.25) is 0 Å². The summed E-state index contributed by atoms with van der Waals surface area (Å²) in [5.41, 5.74) is 9.33. The predicted molar refractivity (Wildman–Crippen MR) is 59.5 cm³/mol. The number of rotatable bonds is 1. The van der Waals surface area contributed by atoms with Gasteiger partial charge >= 0.3 is 0 Å². The summed E-state index contributed by atoms with van der Waals surface area (Å²) in [5.74, 6) is 0.728. The van der Waals surface area contributed by atoms with Gasteiger partial charge in [0.05, 0.1) is 5.69 Å². The fraction of sp³-hybridized carbons (Fsp3) is 0.364. The molecule has 3 nitrogen and oxygen atoms in total. The molecule has 0 aromatic heterocycles. The number of aryl methyl sites for hydroxylation is 2. The van der Waals surface area contributed by atoms with Crippen LogP contribution in [0.15, 0.2) is 23.3 Å². The molecule has 0 unspecified atom stereocenters. The monoisotopic (exact) mass is 189 g/mol. The molecular weight excluding hydrogens is 174 g/mol. The Kier molecular flexibility index (Phi) is 2.15. The van der Waals surface area contributed by atoms with Crippen molar-refractivity contribution in [3.63, 3.8) is 0 Å². The molecule has 74 valence electrons. The number of benzene rings is 1. The standard InChI is InChI=1S/C11H15N3/c1-8-3-4-9(2)10(7-8)14-6-5-11(12)13-14/h3-4,7H,5-6H2,1-2H3,(H2,12,13). The minimum absolute atomic E-state index is 0.728. The summed E-state index contributed by atoms with van der Waals surface area (Å²) >= 11 is 0. The number of nitrogens with two attached hydrogens (primary N) is 1. The van der Waals surface area contributed by atoms with E-state index in [0.29, 0.717) is 0 Å². The van der Waals surface area contributed by atoms with E-state index < -0.39 is 0 Å². The second kappa shape index (κ2) is 3.33. The van der Waals surface area contributed by atoms with E-state index in [0.717, 1.165) is 18.8 Å². The first-order valence-electron chi connectivity index (χ1n) is 4.84. The Labute approximate surface area is 84.2 Å². The molecule has 0 fully saturated rings. The van der Waals surface area contributed by atoms with E-state index in [4.69, 9.17) is 5.73 Å². The van der Waals surface area contributed by atoms with Gasteiger partial charge in [0, 0.05) is 13.0 Å². The fourth-order valence-corrected chi connectivity index (χ4v) is 1.65. The highest BCUT2D eigenvalue weighted by atomic mass is 15.5. The van der Waals surface area contributed by atoms with Gasteiger partial charge in [-0.05, 0) is 31.0 Å². The van der Waals surface area contributed by atoms with Crippen molar-refractivity contribution in [1.29, 1.82) is 0 Å². The molecular formula is C11H15N3. The smallest absolute Gasteiger partial charge is 0.122 e. The molecule has 3 heteroatoms.